The topological polar surface area (TPSA) is 57.0 Å². The summed E-state index contributed by atoms with van der Waals surface area (Å²) in [6.45, 7) is 6.11. The van der Waals surface area contributed by atoms with Crippen molar-refractivity contribution in [2.45, 2.75) is 39.2 Å². The van der Waals surface area contributed by atoms with Crippen LogP contribution >= 0.6 is 0 Å². The van der Waals surface area contributed by atoms with Crippen LogP contribution in [0, 0.1) is 0 Å². The smallest absolute Gasteiger partial charge is 0.365 e. The molecule has 0 unspecified atom stereocenters. The first kappa shape index (κ1) is 14.0. The lowest BCUT2D eigenvalue weighted by atomic mass is 10.2. The van der Waals surface area contributed by atoms with Gasteiger partial charge in [-0.2, -0.15) is 0 Å². The summed E-state index contributed by atoms with van der Waals surface area (Å²) in [5.41, 5.74) is 0. The third-order valence-corrected chi connectivity index (χ3v) is 2.99. The van der Waals surface area contributed by atoms with Crippen molar-refractivity contribution in [3.63, 3.8) is 0 Å². The van der Waals surface area contributed by atoms with Crippen LogP contribution in [0.1, 0.15) is 33.1 Å². The summed E-state index contributed by atoms with van der Waals surface area (Å²) in [6, 6.07) is -0.392. The first-order valence-corrected chi connectivity index (χ1v) is 6.35. The van der Waals surface area contributed by atoms with E-state index in [-0.39, 0.29) is 18.4 Å². The number of ether oxygens (including phenoxy) is 2. The zero-order chi connectivity index (χ0) is 12.7. The van der Waals surface area contributed by atoms with Crippen molar-refractivity contribution in [1.29, 1.82) is 0 Å². The maximum Gasteiger partial charge on any atom is 0.365 e. The van der Waals surface area contributed by atoms with Gasteiger partial charge in [-0.3, -0.25) is 4.79 Å². The van der Waals surface area contributed by atoms with Gasteiger partial charge in [0.15, 0.2) is 6.04 Å². The number of hydrogen-bond acceptors (Lipinski definition) is 4. The summed E-state index contributed by atoms with van der Waals surface area (Å²) in [5.74, 6) is -0.595. The van der Waals surface area contributed by atoms with Gasteiger partial charge in [-0.1, -0.05) is 0 Å². The zero-order valence-corrected chi connectivity index (χ0v) is 10.7. The minimum atomic E-state index is -0.392. The summed E-state index contributed by atoms with van der Waals surface area (Å²) < 4.78 is 9.93. The first-order chi connectivity index (χ1) is 8.19. The summed E-state index contributed by atoms with van der Waals surface area (Å²) in [7, 11) is 0. The molecule has 0 spiro atoms. The van der Waals surface area contributed by atoms with E-state index in [0.717, 1.165) is 30.8 Å². The quantitative estimate of drug-likeness (QED) is 0.643. The molecule has 17 heavy (non-hydrogen) atoms. The second kappa shape index (κ2) is 7.27. The summed E-state index contributed by atoms with van der Waals surface area (Å²) in [6.07, 6.45) is 2.34. The molecule has 1 N–H and O–H groups in total. The molecule has 98 valence electrons. The van der Waals surface area contributed by atoms with Crippen LogP contribution < -0.4 is 4.90 Å². The van der Waals surface area contributed by atoms with Gasteiger partial charge in [-0.05, 0) is 13.8 Å². The Balaban J connectivity index is 2.57. The Morgan fingerprint density at radius 1 is 1.12 bits per heavy atom. The van der Waals surface area contributed by atoms with Gasteiger partial charge in [0.1, 0.15) is 6.42 Å². The number of carbonyl (C=O) groups is 2. The second-order valence-corrected chi connectivity index (χ2v) is 4.18. The SMILES string of the molecule is CCOC(=O)C[C@H](C(=O)OCC)[NH+]1CCCC1. The molecule has 0 aromatic heterocycles. The maximum atomic E-state index is 11.8. The Hall–Kier alpha value is -1.10. The van der Waals surface area contributed by atoms with Gasteiger partial charge < -0.3 is 14.4 Å². The lowest BCUT2D eigenvalue weighted by Crippen LogP contribution is -3.15. The first-order valence-electron chi connectivity index (χ1n) is 6.35. The number of carbonyl (C=O) groups excluding carboxylic acids is 2. The van der Waals surface area contributed by atoms with E-state index in [1.807, 2.05) is 0 Å². The van der Waals surface area contributed by atoms with Crippen molar-refractivity contribution < 1.29 is 24.0 Å². The molecule has 0 aromatic rings. The average Bonchev–Trinajstić information content (AvgIpc) is 2.79. The van der Waals surface area contributed by atoms with Crippen LogP contribution in [-0.4, -0.2) is 44.3 Å². The number of nitrogens with one attached hydrogen (secondary N) is 1. The van der Waals surface area contributed by atoms with Crippen LogP contribution in [0.4, 0.5) is 0 Å². The zero-order valence-electron chi connectivity index (χ0n) is 10.7. The molecule has 0 aliphatic carbocycles. The predicted octanol–water partition coefficient (Wildman–Crippen LogP) is -0.450. The van der Waals surface area contributed by atoms with E-state index in [2.05, 4.69) is 0 Å². The lowest BCUT2D eigenvalue weighted by molar-refractivity contribution is -0.904. The Bertz CT molecular complexity index is 261. The molecule has 0 saturated carbocycles. The number of hydrogen-bond donors (Lipinski definition) is 1. The number of likely N-dealkylation sites (tertiary alicyclic amines) is 1. The molecule has 1 fully saturated rings. The minimum Gasteiger partial charge on any atom is -0.466 e. The van der Waals surface area contributed by atoms with Gasteiger partial charge in [0, 0.05) is 12.8 Å². The predicted molar refractivity (Wildman–Crippen MR) is 61.6 cm³/mol. The molecule has 1 heterocycles. The Kier molecular flexibility index (Phi) is 5.97. The Labute approximate surface area is 102 Å². The van der Waals surface area contributed by atoms with Crippen LogP contribution in [0.3, 0.4) is 0 Å². The van der Waals surface area contributed by atoms with Crippen molar-refractivity contribution in [3.8, 4) is 0 Å². The van der Waals surface area contributed by atoms with E-state index in [0.29, 0.717) is 13.2 Å². The Morgan fingerprint density at radius 3 is 2.24 bits per heavy atom. The maximum absolute atomic E-state index is 11.8. The molecule has 0 bridgehead atoms. The van der Waals surface area contributed by atoms with Crippen LogP contribution in [0.25, 0.3) is 0 Å². The lowest BCUT2D eigenvalue weighted by Gasteiger charge is -2.21. The molecule has 1 rings (SSSR count). The largest absolute Gasteiger partial charge is 0.466 e. The molecule has 0 amide bonds. The van der Waals surface area contributed by atoms with Gasteiger partial charge in [0.25, 0.3) is 0 Å². The van der Waals surface area contributed by atoms with Gasteiger partial charge in [-0.15, -0.1) is 0 Å². The third kappa shape index (κ3) is 4.34. The van der Waals surface area contributed by atoms with E-state index in [1.54, 1.807) is 13.8 Å². The van der Waals surface area contributed by atoms with E-state index in [4.69, 9.17) is 9.47 Å². The monoisotopic (exact) mass is 244 g/mol. The highest BCUT2D eigenvalue weighted by molar-refractivity contribution is 5.81. The Morgan fingerprint density at radius 2 is 1.71 bits per heavy atom. The average molecular weight is 244 g/mol. The molecule has 5 nitrogen and oxygen atoms in total. The fourth-order valence-corrected chi connectivity index (χ4v) is 2.20. The molecule has 1 aliphatic rings. The minimum absolute atomic E-state index is 0.127. The van der Waals surface area contributed by atoms with E-state index in [9.17, 15) is 9.59 Å². The standard InChI is InChI=1S/C12H21NO4/c1-3-16-11(14)9-10(12(15)17-4-2)13-7-5-6-8-13/h10H,3-9H2,1-2H3/p+1/t10-/m1/s1. The summed E-state index contributed by atoms with van der Waals surface area (Å²) in [5, 5.41) is 0. The highest BCUT2D eigenvalue weighted by Gasteiger charge is 2.35. The van der Waals surface area contributed by atoms with Crippen molar-refractivity contribution >= 4 is 11.9 Å². The number of quaternary nitrogens is 1. The summed E-state index contributed by atoms with van der Waals surface area (Å²) >= 11 is 0. The molecule has 5 heteroatoms. The normalized spacial score (nSPS) is 17.8. The fourth-order valence-electron chi connectivity index (χ4n) is 2.20. The third-order valence-electron chi connectivity index (χ3n) is 2.99. The molecular weight excluding hydrogens is 222 g/mol. The van der Waals surface area contributed by atoms with Crippen LogP contribution in [0.5, 0.6) is 0 Å². The van der Waals surface area contributed by atoms with Gasteiger partial charge in [0.2, 0.25) is 0 Å². The van der Waals surface area contributed by atoms with Crippen molar-refractivity contribution in [1.82, 2.24) is 0 Å². The van der Waals surface area contributed by atoms with Crippen molar-refractivity contribution in [3.05, 3.63) is 0 Å². The van der Waals surface area contributed by atoms with E-state index >= 15 is 0 Å². The highest BCUT2D eigenvalue weighted by Crippen LogP contribution is 1.99. The molecule has 0 aromatic carbocycles. The summed E-state index contributed by atoms with van der Waals surface area (Å²) in [4.78, 5) is 24.4. The van der Waals surface area contributed by atoms with Gasteiger partial charge in [0.05, 0.1) is 26.3 Å². The van der Waals surface area contributed by atoms with Gasteiger partial charge in [-0.25, -0.2) is 4.79 Å². The number of esters is 2. The highest BCUT2D eigenvalue weighted by atomic mass is 16.5. The molecule has 1 atom stereocenters. The molecule has 1 aliphatic heterocycles. The van der Waals surface area contributed by atoms with E-state index < -0.39 is 6.04 Å². The van der Waals surface area contributed by atoms with Crippen molar-refractivity contribution in [2.75, 3.05) is 26.3 Å². The second-order valence-electron chi connectivity index (χ2n) is 4.18. The molecular formula is C12H22NO4+. The van der Waals surface area contributed by atoms with Crippen LogP contribution in [0.2, 0.25) is 0 Å². The van der Waals surface area contributed by atoms with E-state index in [1.165, 1.54) is 0 Å². The van der Waals surface area contributed by atoms with Crippen molar-refractivity contribution in [2.24, 2.45) is 0 Å². The molecule has 1 saturated heterocycles. The number of rotatable bonds is 6. The molecule has 0 radical (unpaired) electrons. The van der Waals surface area contributed by atoms with Crippen LogP contribution in [-0.2, 0) is 19.1 Å². The fraction of sp³-hybridized carbons (Fsp3) is 0.833. The van der Waals surface area contributed by atoms with Gasteiger partial charge >= 0.3 is 11.9 Å². The van der Waals surface area contributed by atoms with Crippen LogP contribution in [0.15, 0.2) is 0 Å².